The molecule has 1 N–H and O–H groups in total. The van der Waals surface area contributed by atoms with Crippen molar-refractivity contribution >= 4 is 57.8 Å². The predicted octanol–water partition coefficient (Wildman–Crippen LogP) is 5.55. The molecule has 0 unspecified atom stereocenters. The lowest BCUT2D eigenvalue weighted by molar-refractivity contribution is 0.471. The quantitative estimate of drug-likeness (QED) is 0.464. The normalized spacial score (nSPS) is 11.0. The van der Waals surface area contributed by atoms with E-state index in [-0.39, 0.29) is 0 Å². The van der Waals surface area contributed by atoms with Crippen LogP contribution < -0.4 is 5.32 Å². The van der Waals surface area contributed by atoms with Crippen molar-refractivity contribution in [2.75, 3.05) is 12.4 Å². The van der Waals surface area contributed by atoms with Crippen LogP contribution >= 0.6 is 47.0 Å². The Labute approximate surface area is 196 Å². The topological polar surface area (TPSA) is 50.9 Å². The molecule has 10 heteroatoms. The lowest BCUT2D eigenvalue weighted by Gasteiger charge is -2.22. The minimum atomic E-state index is 0.540. The number of nitrogens with one attached hydrogen (secondary N) is 1. The van der Waals surface area contributed by atoms with E-state index in [0.717, 1.165) is 34.9 Å². The number of hydrogen-bond acceptors (Lipinski definition) is 3. The van der Waals surface area contributed by atoms with Crippen molar-refractivity contribution in [2.45, 2.75) is 40.4 Å². The van der Waals surface area contributed by atoms with Gasteiger partial charge in [-0.1, -0.05) is 40.9 Å². The zero-order valence-electron chi connectivity index (χ0n) is 17.2. The summed E-state index contributed by atoms with van der Waals surface area (Å²) in [4.78, 5) is 1.93. The van der Waals surface area contributed by atoms with E-state index >= 15 is 0 Å². The van der Waals surface area contributed by atoms with Crippen LogP contribution in [0.25, 0.3) is 0 Å². The molecule has 0 fully saturated rings. The molecule has 30 heavy (non-hydrogen) atoms. The largest absolute Gasteiger partial charge is 0.346 e. The standard InChI is InChI=1S/C20H23Cl3N6S/c1-5-28-18(17(23)9-24-28)11-27(4)20(30)25-19-12(2)26-29(13(19)3)10-14-6-7-15(21)8-16(14)22/h6-9H,5,10-11H2,1-4H3,(H,25,30). The molecule has 0 amide bonds. The van der Waals surface area contributed by atoms with Crippen molar-refractivity contribution in [1.82, 2.24) is 24.5 Å². The highest BCUT2D eigenvalue weighted by atomic mass is 35.5. The maximum atomic E-state index is 6.32. The highest BCUT2D eigenvalue weighted by Gasteiger charge is 2.17. The minimum absolute atomic E-state index is 0.540. The number of halogens is 3. The van der Waals surface area contributed by atoms with Crippen molar-refractivity contribution < 1.29 is 0 Å². The van der Waals surface area contributed by atoms with Crippen LogP contribution in [-0.4, -0.2) is 36.6 Å². The molecule has 0 spiro atoms. The zero-order valence-corrected chi connectivity index (χ0v) is 20.3. The van der Waals surface area contributed by atoms with Crippen molar-refractivity contribution in [3.05, 3.63) is 62.1 Å². The number of anilines is 1. The first-order valence-corrected chi connectivity index (χ1v) is 11.0. The van der Waals surface area contributed by atoms with E-state index < -0.39 is 0 Å². The first-order chi connectivity index (χ1) is 14.2. The van der Waals surface area contributed by atoms with E-state index in [2.05, 4.69) is 15.5 Å². The van der Waals surface area contributed by atoms with Gasteiger partial charge in [0.2, 0.25) is 0 Å². The van der Waals surface area contributed by atoms with Gasteiger partial charge in [0.15, 0.2) is 5.11 Å². The van der Waals surface area contributed by atoms with Gasteiger partial charge in [0.1, 0.15) is 0 Å². The molecule has 0 aliphatic heterocycles. The molecule has 2 aromatic heterocycles. The molecule has 6 nitrogen and oxygen atoms in total. The Hall–Kier alpha value is -1.80. The Bertz CT molecular complexity index is 1070. The molecule has 3 aromatic rings. The van der Waals surface area contributed by atoms with Crippen LogP contribution in [0.2, 0.25) is 15.1 Å². The molecule has 0 radical (unpaired) electrons. The molecular formula is C20H23Cl3N6S. The van der Waals surface area contributed by atoms with Crippen LogP contribution in [0.15, 0.2) is 24.4 Å². The van der Waals surface area contributed by atoms with E-state index in [1.54, 1.807) is 12.3 Å². The van der Waals surface area contributed by atoms with Gasteiger partial charge >= 0.3 is 0 Å². The van der Waals surface area contributed by atoms with Crippen molar-refractivity contribution in [2.24, 2.45) is 0 Å². The van der Waals surface area contributed by atoms with Crippen molar-refractivity contribution in [3.8, 4) is 0 Å². The summed E-state index contributed by atoms with van der Waals surface area (Å²) in [7, 11) is 1.92. The molecule has 0 saturated carbocycles. The maximum absolute atomic E-state index is 6.32. The van der Waals surface area contributed by atoms with Gasteiger partial charge in [-0.25, -0.2) is 0 Å². The third-order valence-electron chi connectivity index (χ3n) is 4.88. The second kappa shape index (κ2) is 9.56. The van der Waals surface area contributed by atoms with Crippen LogP contribution in [0.4, 0.5) is 5.69 Å². The van der Waals surface area contributed by atoms with E-state index in [9.17, 15) is 0 Å². The zero-order chi connectivity index (χ0) is 22.0. The summed E-state index contributed by atoms with van der Waals surface area (Å²) in [6.45, 7) is 7.80. The van der Waals surface area contributed by atoms with E-state index in [1.165, 1.54) is 0 Å². The fourth-order valence-corrected chi connectivity index (χ4v) is 4.00. The third kappa shape index (κ3) is 4.91. The number of thiocarbonyl (C=S) groups is 1. The first-order valence-electron chi connectivity index (χ1n) is 9.41. The molecular weight excluding hydrogens is 463 g/mol. The van der Waals surface area contributed by atoms with Gasteiger partial charge in [-0.2, -0.15) is 10.2 Å². The molecule has 0 bridgehead atoms. The molecule has 1 aromatic carbocycles. The van der Waals surface area contributed by atoms with Gasteiger partial charge in [0.05, 0.1) is 47.1 Å². The molecule has 160 valence electrons. The molecule has 2 heterocycles. The van der Waals surface area contributed by atoms with Gasteiger partial charge in [-0.3, -0.25) is 9.36 Å². The predicted molar refractivity (Wildman–Crippen MR) is 128 cm³/mol. The molecule has 0 atom stereocenters. The Morgan fingerprint density at radius 1 is 1.17 bits per heavy atom. The van der Waals surface area contributed by atoms with Crippen LogP contribution in [0.5, 0.6) is 0 Å². The second-order valence-electron chi connectivity index (χ2n) is 6.98. The summed E-state index contributed by atoms with van der Waals surface area (Å²) < 4.78 is 3.77. The molecule has 3 rings (SSSR count). The Kier molecular flexibility index (Phi) is 7.29. The van der Waals surface area contributed by atoms with Crippen LogP contribution in [0.1, 0.15) is 29.6 Å². The Balaban J connectivity index is 1.75. The van der Waals surface area contributed by atoms with Gasteiger partial charge in [-0.05, 0) is 50.7 Å². The molecule has 0 saturated heterocycles. The number of hydrogen-bond donors (Lipinski definition) is 1. The maximum Gasteiger partial charge on any atom is 0.173 e. The number of aromatic nitrogens is 4. The Morgan fingerprint density at radius 2 is 1.90 bits per heavy atom. The Morgan fingerprint density at radius 3 is 2.57 bits per heavy atom. The monoisotopic (exact) mass is 484 g/mol. The highest BCUT2D eigenvalue weighted by Crippen LogP contribution is 2.25. The number of aryl methyl sites for hydroxylation is 2. The summed E-state index contributed by atoms with van der Waals surface area (Å²) in [5, 5.41) is 14.7. The van der Waals surface area contributed by atoms with Crippen LogP contribution in [-0.2, 0) is 19.6 Å². The summed E-state index contributed by atoms with van der Waals surface area (Å²) in [6, 6.07) is 5.47. The number of rotatable bonds is 6. The van der Waals surface area contributed by atoms with Gasteiger partial charge in [0, 0.05) is 23.6 Å². The highest BCUT2D eigenvalue weighted by molar-refractivity contribution is 7.80. The summed E-state index contributed by atoms with van der Waals surface area (Å²) >= 11 is 24.2. The number of benzene rings is 1. The van der Waals surface area contributed by atoms with Gasteiger partial charge in [0.25, 0.3) is 0 Å². The fourth-order valence-electron chi connectivity index (χ4n) is 3.16. The fraction of sp³-hybridized carbons (Fsp3) is 0.350. The lowest BCUT2D eigenvalue weighted by atomic mass is 10.2. The minimum Gasteiger partial charge on any atom is -0.346 e. The smallest absolute Gasteiger partial charge is 0.173 e. The summed E-state index contributed by atoms with van der Waals surface area (Å²) in [6.07, 6.45) is 1.66. The van der Waals surface area contributed by atoms with Crippen molar-refractivity contribution in [1.29, 1.82) is 0 Å². The van der Waals surface area contributed by atoms with Crippen molar-refractivity contribution in [3.63, 3.8) is 0 Å². The lowest BCUT2D eigenvalue weighted by Crippen LogP contribution is -2.32. The van der Waals surface area contributed by atoms with Gasteiger partial charge < -0.3 is 10.2 Å². The average molecular weight is 486 g/mol. The van der Waals surface area contributed by atoms with Crippen LogP contribution in [0.3, 0.4) is 0 Å². The van der Waals surface area contributed by atoms with Gasteiger partial charge in [-0.15, -0.1) is 0 Å². The summed E-state index contributed by atoms with van der Waals surface area (Å²) in [5.41, 5.74) is 4.57. The van der Waals surface area contributed by atoms with E-state index in [1.807, 2.05) is 54.2 Å². The average Bonchev–Trinajstić information content (AvgIpc) is 3.17. The molecule has 0 aliphatic carbocycles. The third-order valence-corrected chi connectivity index (χ3v) is 6.20. The molecule has 0 aliphatic rings. The van der Waals surface area contributed by atoms with E-state index in [4.69, 9.17) is 47.0 Å². The summed E-state index contributed by atoms with van der Waals surface area (Å²) in [5.74, 6) is 0. The SMILES string of the molecule is CCn1ncc(Cl)c1CN(C)C(=S)Nc1c(C)nn(Cc2ccc(Cl)cc2Cl)c1C. The second-order valence-corrected chi connectivity index (χ2v) is 8.62. The van der Waals surface area contributed by atoms with E-state index in [0.29, 0.717) is 33.3 Å². The first kappa shape index (κ1) is 22.9. The van der Waals surface area contributed by atoms with Crippen LogP contribution in [0, 0.1) is 13.8 Å². The number of nitrogens with zero attached hydrogens (tertiary/aromatic N) is 5.